The molecule has 3 aromatic carbocycles. The first-order valence-corrected chi connectivity index (χ1v) is 12.4. The van der Waals surface area contributed by atoms with Gasteiger partial charge < -0.3 is 20.1 Å². The molecule has 3 amide bonds. The van der Waals surface area contributed by atoms with Gasteiger partial charge in [0.25, 0.3) is 17.7 Å². The highest BCUT2D eigenvalue weighted by atomic mass is 35.5. The number of carbonyl (C=O) groups excluding carboxylic acids is 5. The molecule has 40 heavy (non-hydrogen) atoms. The van der Waals surface area contributed by atoms with Gasteiger partial charge in [-0.05, 0) is 74.5 Å². The summed E-state index contributed by atoms with van der Waals surface area (Å²) in [6.45, 7) is 3.48. The number of amides is 3. The molecule has 0 saturated heterocycles. The summed E-state index contributed by atoms with van der Waals surface area (Å²) in [7, 11) is 1.24. The number of carbonyl (C=O) groups is 5. The van der Waals surface area contributed by atoms with E-state index in [4.69, 9.17) is 16.3 Å². The number of rotatable bonds is 8. The van der Waals surface area contributed by atoms with Crippen LogP contribution in [0.5, 0.6) is 0 Å². The van der Waals surface area contributed by atoms with E-state index in [0.717, 1.165) is 4.90 Å². The van der Waals surface area contributed by atoms with Crippen molar-refractivity contribution in [2.24, 2.45) is 0 Å². The lowest BCUT2D eigenvalue weighted by Crippen LogP contribution is -2.32. The van der Waals surface area contributed by atoms with Gasteiger partial charge in [-0.3, -0.25) is 14.4 Å². The van der Waals surface area contributed by atoms with Crippen molar-refractivity contribution in [2.45, 2.75) is 20.0 Å². The van der Waals surface area contributed by atoms with Crippen molar-refractivity contribution in [3.05, 3.63) is 100 Å². The topological polar surface area (TPSA) is 131 Å². The van der Waals surface area contributed by atoms with Crippen molar-refractivity contribution in [2.75, 3.05) is 22.6 Å². The smallest absolute Gasteiger partial charge is 0.338 e. The third-order valence-electron chi connectivity index (χ3n) is 5.67. The molecule has 0 saturated carbocycles. The predicted molar refractivity (Wildman–Crippen MR) is 148 cm³/mol. The van der Waals surface area contributed by atoms with Crippen LogP contribution in [0.3, 0.4) is 0 Å². The van der Waals surface area contributed by atoms with Crippen molar-refractivity contribution in [3.8, 4) is 0 Å². The Hall–Kier alpha value is -4.96. The van der Waals surface area contributed by atoms with E-state index in [1.54, 1.807) is 50.2 Å². The van der Waals surface area contributed by atoms with Gasteiger partial charge in [-0.1, -0.05) is 23.7 Å². The number of anilines is 3. The van der Waals surface area contributed by atoms with Gasteiger partial charge in [0.1, 0.15) is 10.7 Å². The SMILES string of the molecule is COC(=O)c1ccc(N2C(=O)C(Cl)=C(Nc3cccc(C(=O)Nc4cccc(C(=O)OC(C)C)c4)c3)C2=O)cc1. The van der Waals surface area contributed by atoms with Crippen molar-refractivity contribution in [3.63, 3.8) is 0 Å². The van der Waals surface area contributed by atoms with Gasteiger partial charge in [-0.2, -0.15) is 0 Å². The minimum atomic E-state index is -0.746. The maximum atomic E-state index is 13.1. The van der Waals surface area contributed by atoms with Crippen LogP contribution in [0.4, 0.5) is 17.1 Å². The molecule has 1 aliphatic rings. The first kappa shape index (κ1) is 28.1. The lowest BCUT2D eigenvalue weighted by atomic mass is 10.1. The van der Waals surface area contributed by atoms with Crippen LogP contribution >= 0.6 is 11.6 Å². The van der Waals surface area contributed by atoms with E-state index in [0.29, 0.717) is 11.4 Å². The monoisotopic (exact) mass is 561 g/mol. The maximum absolute atomic E-state index is 13.1. The molecular weight excluding hydrogens is 538 g/mol. The van der Waals surface area contributed by atoms with E-state index < -0.39 is 29.7 Å². The molecule has 10 nitrogen and oxygen atoms in total. The van der Waals surface area contributed by atoms with Gasteiger partial charge >= 0.3 is 11.9 Å². The molecule has 0 aromatic heterocycles. The molecule has 0 aliphatic carbocycles. The number of methoxy groups -OCH3 is 1. The second kappa shape index (κ2) is 11.8. The number of imide groups is 1. The van der Waals surface area contributed by atoms with Crippen LogP contribution in [0.1, 0.15) is 44.9 Å². The number of esters is 2. The Balaban J connectivity index is 1.48. The Morgan fingerprint density at radius 2 is 1.43 bits per heavy atom. The van der Waals surface area contributed by atoms with Gasteiger partial charge in [-0.15, -0.1) is 0 Å². The van der Waals surface area contributed by atoms with Crippen LogP contribution in [0.25, 0.3) is 0 Å². The molecule has 4 rings (SSSR count). The molecule has 0 radical (unpaired) electrons. The van der Waals surface area contributed by atoms with Crippen LogP contribution in [-0.2, 0) is 19.1 Å². The fraction of sp³-hybridized carbons (Fsp3) is 0.138. The van der Waals surface area contributed by atoms with E-state index in [-0.39, 0.29) is 39.2 Å². The van der Waals surface area contributed by atoms with E-state index in [1.807, 2.05) is 0 Å². The highest BCUT2D eigenvalue weighted by Gasteiger charge is 2.39. The van der Waals surface area contributed by atoms with Crippen molar-refractivity contribution in [1.82, 2.24) is 0 Å². The average molecular weight is 562 g/mol. The lowest BCUT2D eigenvalue weighted by molar-refractivity contribution is -0.120. The minimum absolute atomic E-state index is 0.169. The molecule has 0 unspecified atom stereocenters. The zero-order valence-corrected chi connectivity index (χ0v) is 22.4. The molecule has 0 atom stereocenters. The van der Waals surface area contributed by atoms with Gasteiger partial charge in [0, 0.05) is 16.9 Å². The van der Waals surface area contributed by atoms with Crippen LogP contribution in [0, 0.1) is 0 Å². The zero-order chi connectivity index (χ0) is 29.0. The number of hydrogen-bond acceptors (Lipinski definition) is 8. The Morgan fingerprint density at radius 1 is 0.800 bits per heavy atom. The van der Waals surface area contributed by atoms with Gasteiger partial charge in [-0.25, -0.2) is 14.5 Å². The van der Waals surface area contributed by atoms with Crippen molar-refractivity contribution >= 4 is 58.3 Å². The number of nitrogens with one attached hydrogen (secondary N) is 2. The summed E-state index contributed by atoms with van der Waals surface area (Å²) in [5.41, 5.74) is 1.54. The van der Waals surface area contributed by atoms with Gasteiger partial charge in [0.2, 0.25) is 0 Å². The molecule has 2 N–H and O–H groups in total. The fourth-order valence-corrected chi connectivity index (χ4v) is 4.01. The standard InChI is InChI=1S/C29H24ClN3O7/c1-16(2)40-29(38)19-7-5-9-21(15-19)32-25(34)18-6-4-8-20(14-18)31-24-23(30)26(35)33(27(24)36)22-12-10-17(11-13-22)28(37)39-3/h4-16,31H,1-3H3,(H,32,34). The first-order chi connectivity index (χ1) is 19.1. The molecule has 11 heteroatoms. The second-order valence-electron chi connectivity index (χ2n) is 8.87. The second-order valence-corrected chi connectivity index (χ2v) is 9.25. The summed E-state index contributed by atoms with van der Waals surface area (Å²) >= 11 is 6.22. The summed E-state index contributed by atoms with van der Waals surface area (Å²) < 4.78 is 9.85. The van der Waals surface area contributed by atoms with Gasteiger partial charge in [0.05, 0.1) is 30.0 Å². The molecule has 1 heterocycles. The highest BCUT2D eigenvalue weighted by Crippen LogP contribution is 2.30. The van der Waals surface area contributed by atoms with E-state index in [2.05, 4.69) is 15.4 Å². The summed E-state index contributed by atoms with van der Waals surface area (Å²) in [6.07, 6.45) is -0.286. The Bertz CT molecular complexity index is 1550. The van der Waals surface area contributed by atoms with Crippen LogP contribution in [-0.4, -0.2) is 42.9 Å². The summed E-state index contributed by atoms with van der Waals surface area (Å²) in [5, 5.41) is 5.22. The molecule has 0 fully saturated rings. The quantitative estimate of drug-likeness (QED) is 0.298. The van der Waals surface area contributed by atoms with E-state index >= 15 is 0 Å². The Labute approximate surface area is 234 Å². The van der Waals surface area contributed by atoms with Crippen LogP contribution < -0.4 is 15.5 Å². The highest BCUT2D eigenvalue weighted by molar-refractivity contribution is 6.53. The molecule has 3 aromatic rings. The first-order valence-electron chi connectivity index (χ1n) is 12.1. The third-order valence-corrected chi connectivity index (χ3v) is 6.02. The fourth-order valence-electron chi connectivity index (χ4n) is 3.80. The number of halogens is 1. The molecule has 1 aliphatic heterocycles. The van der Waals surface area contributed by atoms with Gasteiger partial charge in [0.15, 0.2) is 0 Å². The summed E-state index contributed by atoms with van der Waals surface area (Å²) in [6, 6.07) is 18.3. The predicted octanol–water partition coefficient (Wildman–Crippen LogP) is 4.73. The molecule has 0 spiro atoms. The van der Waals surface area contributed by atoms with Crippen molar-refractivity contribution < 1.29 is 33.4 Å². The number of nitrogens with zero attached hydrogens (tertiary/aromatic N) is 1. The zero-order valence-electron chi connectivity index (χ0n) is 21.7. The normalized spacial score (nSPS) is 13.0. The van der Waals surface area contributed by atoms with Crippen LogP contribution in [0.15, 0.2) is 83.5 Å². The van der Waals surface area contributed by atoms with Crippen LogP contribution in [0.2, 0.25) is 0 Å². The van der Waals surface area contributed by atoms with E-state index in [9.17, 15) is 24.0 Å². The number of ether oxygens (including phenoxy) is 2. The molecule has 204 valence electrons. The summed E-state index contributed by atoms with van der Waals surface area (Å²) in [4.78, 5) is 63.6. The number of hydrogen-bond donors (Lipinski definition) is 2. The lowest BCUT2D eigenvalue weighted by Gasteiger charge is -2.15. The minimum Gasteiger partial charge on any atom is -0.465 e. The maximum Gasteiger partial charge on any atom is 0.338 e. The average Bonchev–Trinajstić information content (AvgIpc) is 3.15. The Kier molecular flexibility index (Phi) is 8.30. The Morgan fingerprint density at radius 3 is 2.08 bits per heavy atom. The van der Waals surface area contributed by atoms with E-state index in [1.165, 1.54) is 43.5 Å². The molecular formula is C29H24ClN3O7. The summed E-state index contributed by atoms with van der Waals surface area (Å²) in [5.74, 6) is -2.99. The number of benzene rings is 3. The largest absolute Gasteiger partial charge is 0.465 e. The molecule has 0 bridgehead atoms. The third kappa shape index (κ3) is 6.02. The van der Waals surface area contributed by atoms with Crippen molar-refractivity contribution in [1.29, 1.82) is 0 Å².